The Labute approximate surface area is 139 Å². The molecule has 1 aliphatic rings. The summed E-state index contributed by atoms with van der Waals surface area (Å²) in [6.07, 6.45) is 2.65. The Morgan fingerprint density at radius 3 is 2.50 bits per heavy atom. The molecule has 0 unspecified atom stereocenters. The van der Waals surface area contributed by atoms with Gasteiger partial charge in [-0.25, -0.2) is 0 Å². The van der Waals surface area contributed by atoms with Gasteiger partial charge in [0.05, 0.1) is 6.10 Å². The number of carbonyl (C=O) groups is 1. The van der Waals surface area contributed by atoms with Crippen LogP contribution in [-0.2, 0) is 0 Å². The van der Waals surface area contributed by atoms with Gasteiger partial charge in [-0.15, -0.1) is 0 Å². The predicted octanol–water partition coefficient (Wildman–Crippen LogP) is 4.83. The van der Waals surface area contributed by atoms with Gasteiger partial charge in [0, 0.05) is 19.2 Å². The van der Waals surface area contributed by atoms with E-state index >= 15 is 0 Å². The van der Waals surface area contributed by atoms with Gasteiger partial charge in [-0.05, 0) is 77.9 Å². The van der Waals surface area contributed by atoms with E-state index in [1.807, 2.05) is 42.5 Å². The van der Waals surface area contributed by atoms with Crippen LogP contribution in [-0.4, -0.2) is 11.9 Å². The fraction of sp³-hybridized carbons (Fsp3) is 0.188. The smallest absolute Gasteiger partial charge is 0.194 e. The number of rotatable bonds is 4. The Kier molecular flexibility index (Phi) is 4.12. The molecular weight excluding hydrogens is 431 g/mol. The van der Waals surface area contributed by atoms with Crippen LogP contribution in [0.15, 0.2) is 46.9 Å². The van der Waals surface area contributed by atoms with Crippen molar-refractivity contribution in [3.63, 3.8) is 0 Å². The maximum absolute atomic E-state index is 12.5. The second-order valence-electron chi connectivity index (χ2n) is 4.79. The van der Waals surface area contributed by atoms with Crippen molar-refractivity contribution in [3.8, 4) is 5.75 Å². The number of hydrogen-bond acceptors (Lipinski definition) is 2. The van der Waals surface area contributed by atoms with Crippen molar-refractivity contribution >= 4 is 44.3 Å². The summed E-state index contributed by atoms with van der Waals surface area (Å²) in [5.74, 6) is 0.877. The average molecular weight is 443 g/mol. The first-order valence-corrected chi connectivity index (χ1v) is 8.27. The van der Waals surface area contributed by atoms with E-state index in [1.165, 1.54) is 0 Å². The predicted molar refractivity (Wildman–Crippen MR) is 90.4 cm³/mol. The van der Waals surface area contributed by atoms with Crippen molar-refractivity contribution in [3.05, 3.63) is 61.6 Å². The highest BCUT2D eigenvalue weighted by atomic mass is 127. The lowest BCUT2D eigenvalue weighted by atomic mass is 10.0. The van der Waals surface area contributed by atoms with Gasteiger partial charge >= 0.3 is 0 Å². The first-order valence-electron chi connectivity index (χ1n) is 6.40. The summed E-state index contributed by atoms with van der Waals surface area (Å²) >= 11 is 5.59. The number of halogens is 2. The zero-order valence-electron chi connectivity index (χ0n) is 10.6. The van der Waals surface area contributed by atoms with Gasteiger partial charge in [0.2, 0.25) is 0 Å². The molecule has 1 saturated carbocycles. The highest BCUT2D eigenvalue weighted by Crippen LogP contribution is 2.27. The summed E-state index contributed by atoms with van der Waals surface area (Å²) in [6, 6.07) is 13.1. The minimum absolute atomic E-state index is 0.0358. The molecule has 2 nitrogen and oxygen atoms in total. The van der Waals surface area contributed by atoms with Crippen LogP contribution in [0.1, 0.15) is 28.8 Å². The van der Waals surface area contributed by atoms with Gasteiger partial charge in [0.15, 0.2) is 5.78 Å². The van der Waals surface area contributed by atoms with Gasteiger partial charge in [0.25, 0.3) is 0 Å². The Balaban J connectivity index is 1.83. The minimum Gasteiger partial charge on any atom is -0.490 e. The molecule has 0 N–H and O–H groups in total. The molecule has 2 aromatic rings. The Morgan fingerprint density at radius 2 is 1.85 bits per heavy atom. The van der Waals surface area contributed by atoms with Gasteiger partial charge in [-0.3, -0.25) is 4.79 Å². The summed E-state index contributed by atoms with van der Waals surface area (Å²) < 4.78 is 7.55. The topological polar surface area (TPSA) is 26.3 Å². The van der Waals surface area contributed by atoms with Gasteiger partial charge in [-0.2, -0.15) is 0 Å². The Bertz CT molecular complexity index is 648. The molecule has 0 saturated heterocycles. The number of carbonyl (C=O) groups excluding carboxylic acids is 1. The minimum atomic E-state index is 0.0358. The van der Waals surface area contributed by atoms with Crippen molar-refractivity contribution in [2.75, 3.05) is 0 Å². The average Bonchev–Trinajstić information content (AvgIpc) is 3.26. The fourth-order valence-corrected chi connectivity index (χ4v) is 2.83. The first kappa shape index (κ1) is 14.1. The van der Waals surface area contributed by atoms with Crippen molar-refractivity contribution in [2.45, 2.75) is 18.9 Å². The number of hydrogen-bond donors (Lipinski definition) is 0. The van der Waals surface area contributed by atoms with Crippen LogP contribution >= 0.6 is 38.5 Å². The van der Waals surface area contributed by atoms with Crippen molar-refractivity contribution in [2.24, 2.45) is 0 Å². The van der Waals surface area contributed by atoms with E-state index < -0.39 is 0 Å². The molecule has 0 atom stereocenters. The largest absolute Gasteiger partial charge is 0.490 e. The standard InChI is InChI=1S/C16H12BrIO2/c17-11-3-8-15(18)14(9-11)16(19)10-1-4-12(5-2-10)20-13-6-7-13/h1-5,8-9,13H,6-7H2. The van der Waals surface area contributed by atoms with Crippen LogP contribution in [0.4, 0.5) is 0 Å². The molecule has 3 rings (SSSR count). The van der Waals surface area contributed by atoms with E-state index in [0.29, 0.717) is 11.7 Å². The molecule has 20 heavy (non-hydrogen) atoms. The summed E-state index contributed by atoms with van der Waals surface area (Å²) in [6.45, 7) is 0. The molecule has 0 bridgehead atoms. The number of ether oxygens (including phenoxy) is 1. The zero-order chi connectivity index (χ0) is 14.1. The van der Waals surface area contributed by atoms with Gasteiger partial charge in [0.1, 0.15) is 5.75 Å². The molecule has 1 aliphatic carbocycles. The molecule has 1 fully saturated rings. The van der Waals surface area contributed by atoms with Crippen LogP contribution in [0.2, 0.25) is 0 Å². The zero-order valence-corrected chi connectivity index (χ0v) is 14.3. The van der Waals surface area contributed by atoms with E-state index in [-0.39, 0.29) is 5.78 Å². The highest BCUT2D eigenvalue weighted by Gasteiger charge is 2.23. The van der Waals surface area contributed by atoms with Crippen molar-refractivity contribution in [1.82, 2.24) is 0 Å². The summed E-state index contributed by atoms with van der Waals surface area (Å²) in [5.41, 5.74) is 1.40. The van der Waals surface area contributed by atoms with E-state index in [2.05, 4.69) is 38.5 Å². The fourth-order valence-electron chi connectivity index (χ4n) is 1.89. The van der Waals surface area contributed by atoms with Crippen LogP contribution in [0.5, 0.6) is 5.75 Å². The van der Waals surface area contributed by atoms with Gasteiger partial charge in [-0.1, -0.05) is 15.9 Å². The quantitative estimate of drug-likeness (QED) is 0.501. The number of benzene rings is 2. The molecular formula is C16H12BrIO2. The second kappa shape index (κ2) is 5.85. The van der Waals surface area contributed by atoms with Crippen LogP contribution < -0.4 is 4.74 Å². The van der Waals surface area contributed by atoms with Crippen LogP contribution in [0.3, 0.4) is 0 Å². The monoisotopic (exact) mass is 442 g/mol. The van der Waals surface area contributed by atoms with Crippen LogP contribution in [0.25, 0.3) is 0 Å². The summed E-state index contributed by atoms with van der Waals surface area (Å²) in [7, 11) is 0. The maximum Gasteiger partial charge on any atom is 0.194 e. The van der Waals surface area contributed by atoms with E-state index in [1.54, 1.807) is 0 Å². The molecule has 2 aromatic carbocycles. The normalized spacial score (nSPS) is 14.1. The highest BCUT2D eigenvalue weighted by molar-refractivity contribution is 14.1. The molecule has 4 heteroatoms. The number of ketones is 1. The molecule has 0 spiro atoms. The van der Waals surface area contributed by atoms with Crippen molar-refractivity contribution in [1.29, 1.82) is 0 Å². The third-order valence-corrected chi connectivity index (χ3v) is 4.55. The van der Waals surface area contributed by atoms with Crippen LogP contribution in [0, 0.1) is 3.57 Å². The van der Waals surface area contributed by atoms with Crippen molar-refractivity contribution < 1.29 is 9.53 Å². The van der Waals surface area contributed by atoms with Gasteiger partial charge < -0.3 is 4.74 Å². The molecule has 0 amide bonds. The SMILES string of the molecule is O=C(c1ccc(OC2CC2)cc1)c1cc(Br)ccc1I. The lowest BCUT2D eigenvalue weighted by Gasteiger charge is -2.07. The first-order chi connectivity index (χ1) is 9.63. The van der Waals surface area contributed by atoms with E-state index in [9.17, 15) is 4.79 Å². The lowest BCUT2D eigenvalue weighted by molar-refractivity contribution is 0.103. The Hall–Kier alpha value is -0.880. The third kappa shape index (κ3) is 3.23. The third-order valence-electron chi connectivity index (χ3n) is 3.12. The molecule has 0 radical (unpaired) electrons. The summed E-state index contributed by atoms with van der Waals surface area (Å²) in [4.78, 5) is 12.5. The second-order valence-corrected chi connectivity index (χ2v) is 6.87. The molecule has 0 heterocycles. The molecule has 0 aromatic heterocycles. The summed E-state index contributed by atoms with van der Waals surface area (Å²) in [5, 5.41) is 0. The van der Waals surface area contributed by atoms with E-state index in [4.69, 9.17) is 4.74 Å². The Morgan fingerprint density at radius 1 is 1.15 bits per heavy atom. The molecule has 0 aliphatic heterocycles. The molecule has 102 valence electrons. The maximum atomic E-state index is 12.5. The van der Waals surface area contributed by atoms with E-state index in [0.717, 1.165) is 32.2 Å². The lowest BCUT2D eigenvalue weighted by Crippen LogP contribution is -2.04.